The highest BCUT2D eigenvalue weighted by Crippen LogP contribution is 2.31. The van der Waals surface area contributed by atoms with Crippen LogP contribution in [0.15, 0.2) is 48.5 Å². The van der Waals surface area contributed by atoms with E-state index in [4.69, 9.17) is 9.47 Å². The van der Waals surface area contributed by atoms with Gasteiger partial charge in [0.15, 0.2) is 5.78 Å². The van der Waals surface area contributed by atoms with E-state index >= 15 is 0 Å². The number of methoxy groups -OCH3 is 2. The Hall–Kier alpha value is -2.33. The van der Waals surface area contributed by atoms with Crippen molar-refractivity contribution in [3.63, 3.8) is 0 Å². The Morgan fingerprint density at radius 2 is 1.56 bits per heavy atom. The molecule has 0 N–H and O–H groups in total. The van der Waals surface area contributed by atoms with Crippen molar-refractivity contribution < 1.29 is 14.3 Å². The topological polar surface area (TPSA) is 38.8 Å². The normalized spacial score (nSPS) is 13.4. The quantitative estimate of drug-likeness (QED) is 0.684. The largest absolute Gasteiger partial charge is 0.497 e. The first-order valence-corrected chi connectivity index (χ1v) is 8.46. The molecule has 0 aromatic heterocycles. The summed E-state index contributed by atoms with van der Waals surface area (Å²) >= 11 is 0. The van der Waals surface area contributed by atoms with Crippen LogP contribution in [0.2, 0.25) is 0 Å². The van der Waals surface area contributed by atoms with Crippen LogP contribution in [-0.2, 0) is 6.42 Å². The predicted octanol–water partition coefficient (Wildman–Crippen LogP) is 3.84. The number of rotatable bonds is 8. The lowest BCUT2D eigenvalue weighted by Gasteiger charge is -2.38. The maximum atomic E-state index is 13.5. The van der Waals surface area contributed by atoms with E-state index in [1.807, 2.05) is 37.2 Å². The summed E-state index contributed by atoms with van der Waals surface area (Å²) in [6.07, 6.45) is 1.35. The second kappa shape index (κ2) is 8.17. The Bertz CT molecular complexity index is 690. The first kappa shape index (κ1) is 19.0. The summed E-state index contributed by atoms with van der Waals surface area (Å²) in [6, 6.07) is 15.5. The maximum absolute atomic E-state index is 13.5. The highest BCUT2D eigenvalue weighted by atomic mass is 16.5. The van der Waals surface area contributed by atoms with Crippen LogP contribution in [-0.4, -0.2) is 44.5 Å². The van der Waals surface area contributed by atoms with Crippen molar-refractivity contribution in [2.75, 3.05) is 28.3 Å². The molecule has 0 heterocycles. The van der Waals surface area contributed by atoms with Crippen molar-refractivity contribution >= 4 is 5.78 Å². The molecule has 0 spiro atoms. The second-order valence-electron chi connectivity index (χ2n) is 6.37. The van der Waals surface area contributed by atoms with Crippen molar-refractivity contribution in [2.24, 2.45) is 0 Å². The molecule has 0 aliphatic rings. The average molecular weight is 341 g/mol. The first-order chi connectivity index (χ1) is 12.0. The fourth-order valence-electron chi connectivity index (χ4n) is 3.18. The van der Waals surface area contributed by atoms with Gasteiger partial charge in [0.2, 0.25) is 0 Å². The monoisotopic (exact) mass is 341 g/mol. The molecule has 0 radical (unpaired) electrons. The number of hydrogen-bond donors (Lipinski definition) is 0. The summed E-state index contributed by atoms with van der Waals surface area (Å²) in [7, 11) is 7.10. The highest BCUT2D eigenvalue weighted by molar-refractivity contribution is 6.04. The van der Waals surface area contributed by atoms with Gasteiger partial charge in [0.1, 0.15) is 11.5 Å². The van der Waals surface area contributed by atoms with Gasteiger partial charge < -0.3 is 9.47 Å². The third-order valence-corrected chi connectivity index (χ3v) is 4.82. The van der Waals surface area contributed by atoms with Crippen LogP contribution in [0.3, 0.4) is 0 Å². The van der Waals surface area contributed by atoms with Gasteiger partial charge in [0.05, 0.1) is 19.8 Å². The molecule has 0 fully saturated rings. The molecular formula is C21H27NO3. The summed E-state index contributed by atoms with van der Waals surface area (Å²) in [6.45, 7) is 2.05. The number of hydrogen-bond acceptors (Lipinski definition) is 4. The lowest BCUT2D eigenvalue weighted by Crippen LogP contribution is -2.52. The van der Waals surface area contributed by atoms with E-state index in [9.17, 15) is 4.79 Å². The minimum Gasteiger partial charge on any atom is -0.497 e. The number of carbonyl (C=O) groups excluding carboxylic acids is 1. The van der Waals surface area contributed by atoms with Crippen molar-refractivity contribution in [1.82, 2.24) is 4.90 Å². The standard InChI is InChI=1S/C21H27NO3/c1-6-21(22(2)3,15-16-10-8-7-9-11-16)20(23)17-12-18(24-4)14-19(13-17)25-5/h7-14H,6,15H2,1-5H3. The molecule has 2 aromatic rings. The van der Waals surface area contributed by atoms with Gasteiger partial charge in [0.25, 0.3) is 0 Å². The molecule has 1 atom stereocenters. The van der Waals surface area contributed by atoms with Gasteiger partial charge in [-0.05, 0) is 44.6 Å². The molecule has 0 aliphatic carbocycles. The lowest BCUT2D eigenvalue weighted by molar-refractivity contribution is 0.0665. The van der Waals surface area contributed by atoms with E-state index in [0.29, 0.717) is 29.9 Å². The first-order valence-electron chi connectivity index (χ1n) is 8.46. The van der Waals surface area contributed by atoms with Crippen LogP contribution in [0, 0.1) is 0 Å². The number of ketones is 1. The van der Waals surface area contributed by atoms with Gasteiger partial charge >= 0.3 is 0 Å². The molecule has 25 heavy (non-hydrogen) atoms. The number of ether oxygens (including phenoxy) is 2. The lowest BCUT2D eigenvalue weighted by atomic mass is 9.80. The smallest absolute Gasteiger partial charge is 0.183 e. The summed E-state index contributed by atoms with van der Waals surface area (Å²) in [5.74, 6) is 1.30. The minimum absolute atomic E-state index is 0.0704. The molecule has 4 nitrogen and oxygen atoms in total. The van der Waals surface area contributed by atoms with Crippen LogP contribution in [0.5, 0.6) is 11.5 Å². The number of benzene rings is 2. The molecular weight excluding hydrogens is 314 g/mol. The fourth-order valence-corrected chi connectivity index (χ4v) is 3.18. The van der Waals surface area contributed by atoms with E-state index < -0.39 is 5.54 Å². The third-order valence-electron chi connectivity index (χ3n) is 4.82. The zero-order valence-electron chi connectivity index (χ0n) is 15.7. The van der Waals surface area contributed by atoms with E-state index in [2.05, 4.69) is 19.1 Å². The zero-order valence-corrected chi connectivity index (χ0v) is 15.7. The van der Waals surface area contributed by atoms with Crippen LogP contribution in [0.4, 0.5) is 0 Å². The molecule has 0 aliphatic heterocycles. The van der Waals surface area contributed by atoms with Crippen LogP contribution in [0.1, 0.15) is 29.3 Å². The van der Waals surface area contributed by atoms with Crippen molar-refractivity contribution in [2.45, 2.75) is 25.3 Å². The zero-order chi connectivity index (χ0) is 18.4. The average Bonchev–Trinajstić information content (AvgIpc) is 2.65. The SMILES string of the molecule is CCC(Cc1ccccc1)(C(=O)c1cc(OC)cc(OC)c1)N(C)C. The molecule has 134 valence electrons. The molecule has 1 unspecified atom stereocenters. The number of Topliss-reactive ketones (excluding diaryl/α,β-unsaturated/α-hetero) is 1. The van der Waals surface area contributed by atoms with Crippen molar-refractivity contribution in [1.29, 1.82) is 0 Å². The van der Waals surface area contributed by atoms with Crippen molar-refractivity contribution in [3.8, 4) is 11.5 Å². The number of carbonyl (C=O) groups is 1. The Balaban J connectivity index is 2.49. The van der Waals surface area contributed by atoms with Gasteiger partial charge in [-0.2, -0.15) is 0 Å². The Labute approximate surface area is 150 Å². The van der Waals surface area contributed by atoms with Crippen LogP contribution < -0.4 is 9.47 Å². The summed E-state index contributed by atoms with van der Waals surface area (Å²) in [4.78, 5) is 15.5. The predicted molar refractivity (Wildman–Crippen MR) is 101 cm³/mol. The molecule has 0 saturated heterocycles. The third kappa shape index (κ3) is 4.02. The van der Waals surface area contributed by atoms with Crippen LogP contribution in [0.25, 0.3) is 0 Å². The highest BCUT2D eigenvalue weighted by Gasteiger charge is 2.39. The van der Waals surface area contributed by atoms with E-state index in [1.165, 1.54) is 0 Å². The van der Waals surface area contributed by atoms with Gasteiger partial charge in [-0.15, -0.1) is 0 Å². The van der Waals surface area contributed by atoms with Crippen molar-refractivity contribution in [3.05, 3.63) is 59.7 Å². The van der Waals surface area contributed by atoms with Crippen LogP contribution >= 0.6 is 0 Å². The molecule has 0 saturated carbocycles. The minimum atomic E-state index is -0.626. The fraction of sp³-hybridized carbons (Fsp3) is 0.381. The summed E-state index contributed by atoms with van der Waals surface area (Å²) < 4.78 is 10.7. The van der Waals surface area contributed by atoms with Gasteiger partial charge in [0, 0.05) is 11.6 Å². The number of nitrogens with zero attached hydrogens (tertiary/aromatic N) is 1. The Kier molecular flexibility index (Phi) is 6.21. The Morgan fingerprint density at radius 1 is 1.00 bits per heavy atom. The number of likely N-dealkylation sites (N-methyl/N-ethyl adjacent to an activating group) is 1. The molecule has 0 amide bonds. The van der Waals surface area contributed by atoms with E-state index in [-0.39, 0.29) is 5.78 Å². The Morgan fingerprint density at radius 3 is 2.00 bits per heavy atom. The second-order valence-corrected chi connectivity index (χ2v) is 6.37. The van der Waals surface area contributed by atoms with Gasteiger partial charge in [-0.25, -0.2) is 0 Å². The van der Waals surface area contributed by atoms with E-state index in [1.54, 1.807) is 32.4 Å². The molecule has 2 aromatic carbocycles. The molecule has 4 heteroatoms. The van der Waals surface area contributed by atoms with Gasteiger partial charge in [-0.1, -0.05) is 37.3 Å². The van der Waals surface area contributed by atoms with Gasteiger partial charge in [-0.3, -0.25) is 9.69 Å². The molecule has 2 rings (SSSR count). The summed E-state index contributed by atoms with van der Waals surface area (Å²) in [5.41, 5.74) is 1.11. The van der Waals surface area contributed by atoms with E-state index in [0.717, 1.165) is 5.56 Å². The summed E-state index contributed by atoms with van der Waals surface area (Å²) in [5, 5.41) is 0. The molecule has 0 bridgehead atoms. The maximum Gasteiger partial charge on any atom is 0.183 e.